The van der Waals surface area contributed by atoms with Crippen LogP contribution in [0.3, 0.4) is 0 Å². The quantitative estimate of drug-likeness (QED) is 0.782. The van der Waals surface area contributed by atoms with Crippen LogP contribution in [-0.4, -0.2) is 5.78 Å². The first-order valence-electron chi connectivity index (χ1n) is 4.22. The molecule has 0 amide bonds. The number of carbonyl (C=O) groups is 1. The van der Waals surface area contributed by atoms with Crippen molar-refractivity contribution in [2.75, 3.05) is 0 Å². The Hall–Kier alpha value is -1.42. The molecule has 0 saturated carbocycles. The molecule has 2 rings (SSSR count). The maximum atomic E-state index is 12.9. The summed E-state index contributed by atoms with van der Waals surface area (Å²) in [6, 6.07) is 7.09. The van der Waals surface area contributed by atoms with Crippen molar-refractivity contribution in [1.82, 2.24) is 0 Å². The van der Waals surface area contributed by atoms with Gasteiger partial charge in [-0.1, -0.05) is 12.1 Å². The molecule has 1 aromatic carbocycles. The number of carbonyl (C=O) groups excluding carboxylic acids is 1. The molecule has 0 atom stereocenters. The number of ketones is 1. The Kier molecular flexibility index (Phi) is 2.68. The molecule has 15 heavy (non-hydrogen) atoms. The van der Waals surface area contributed by atoms with Crippen LogP contribution in [0.25, 0.3) is 0 Å². The number of rotatable bonds is 2. The summed E-state index contributed by atoms with van der Waals surface area (Å²) < 4.78 is 18.2. The zero-order chi connectivity index (χ0) is 10.8. The summed E-state index contributed by atoms with van der Waals surface area (Å²) in [6.07, 6.45) is 1.40. The van der Waals surface area contributed by atoms with Crippen molar-refractivity contribution in [1.29, 1.82) is 0 Å². The predicted octanol–water partition coefficient (Wildman–Crippen LogP) is 3.41. The fourth-order valence-electron chi connectivity index (χ4n) is 1.24. The maximum Gasteiger partial charge on any atom is 0.197 e. The molecule has 2 nitrogen and oxygen atoms in total. The number of halogens is 2. The van der Waals surface area contributed by atoms with Gasteiger partial charge in [0.25, 0.3) is 0 Å². The second-order valence-corrected chi connectivity index (χ2v) is 3.67. The molecule has 0 aliphatic carbocycles. The van der Waals surface area contributed by atoms with Crippen LogP contribution in [-0.2, 0) is 0 Å². The van der Waals surface area contributed by atoms with Gasteiger partial charge in [0.05, 0.1) is 11.8 Å². The third-order valence-corrected chi connectivity index (χ3v) is 2.56. The number of benzene rings is 1. The fraction of sp³-hybridized carbons (Fsp3) is 0. The third kappa shape index (κ3) is 1.99. The molecule has 0 saturated heterocycles. The minimum absolute atomic E-state index is 0.268. The van der Waals surface area contributed by atoms with Gasteiger partial charge in [0.2, 0.25) is 0 Å². The minimum Gasteiger partial charge on any atom is -0.457 e. The molecule has 76 valence electrons. The van der Waals surface area contributed by atoms with Gasteiger partial charge in [-0.05, 0) is 34.1 Å². The topological polar surface area (TPSA) is 30.2 Å². The molecule has 0 aliphatic heterocycles. The van der Waals surface area contributed by atoms with Crippen molar-refractivity contribution in [3.05, 3.63) is 58.2 Å². The Morgan fingerprint density at radius 3 is 2.73 bits per heavy atom. The van der Waals surface area contributed by atoms with Crippen LogP contribution in [0.2, 0.25) is 0 Å². The summed E-state index contributed by atoms with van der Waals surface area (Å²) in [5.74, 6) is -0.699. The Labute approximate surface area is 93.8 Å². The van der Waals surface area contributed by atoms with Crippen LogP contribution >= 0.6 is 15.9 Å². The van der Waals surface area contributed by atoms with E-state index in [0.717, 1.165) is 0 Å². The SMILES string of the molecule is O=C(c1cccc(F)c1)c1ccoc1Br. The van der Waals surface area contributed by atoms with Crippen molar-refractivity contribution >= 4 is 21.7 Å². The van der Waals surface area contributed by atoms with E-state index in [0.29, 0.717) is 15.8 Å². The first kappa shape index (κ1) is 10.1. The second-order valence-electron chi connectivity index (χ2n) is 2.95. The minimum atomic E-state index is -0.430. The lowest BCUT2D eigenvalue weighted by molar-refractivity contribution is 0.103. The Morgan fingerprint density at radius 1 is 1.33 bits per heavy atom. The lowest BCUT2D eigenvalue weighted by Crippen LogP contribution is -2.00. The molecule has 0 spiro atoms. The summed E-state index contributed by atoms with van der Waals surface area (Å²) in [6.45, 7) is 0. The highest BCUT2D eigenvalue weighted by Crippen LogP contribution is 2.21. The van der Waals surface area contributed by atoms with E-state index < -0.39 is 5.82 Å². The fourth-order valence-corrected chi connectivity index (χ4v) is 1.66. The van der Waals surface area contributed by atoms with Crippen LogP contribution in [0.4, 0.5) is 4.39 Å². The van der Waals surface area contributed by atoms with E-state index >= 15 is 0 Å². The van der Waals surface area contributed by atoms with Gasteiger partial charge in [0, 0.05) is 5.56 Å². The molecule has 1 aromatic heterocycles. The smallest absolute Gasteiger partial charge is 0.197 e. The molecule has 0 aliphatic rings. The number of hydrogen-bond donors (Lipinski definition) is 0. The lowest BCUT2D eigenvalue weighted by atomic mass is 10.1. The molecule has 2 aromatic rings. The van der Waals surface area contributed by atoms with Gasteiger partial charge < -0.3 is 4.42 Å². The monoisotopic (exact) mass is 268 g/mol. The van der Waals surface area contributed by atoms with Gasteiger partial charge in [-0.15, -0.1) is 0 Å². The molecule has 0 unspecified atom stereocenters. The molecular formula is C11H6BrFO2. The van der Waals surface area contributed by atoms with Crippen molar-refractivity contribution in [2.24, 2.45) is 0 Å². The van der Waals surface area contributed by atoms with Gasteiger partial charge in [-0.25, -0.2) is 4.39 Å². The highest BCUT2D eigenvalue weighted by Gasteiger charge is 2.14. The first-order chi connectivity index (χ1) is 7.18. The number of hydrogen-bond acceptors (Lipinski definition) is 2. The van der Waals surface area contributed by atoms with E-state index in [9.17, 15) is 9.18 Å². The summed E-state index contributed by atoms with van der Waals surface area (Å²) >= 11 is 3.10. The third-order valence-electron chi connectivity index (χ3n) is 1.95. The van der Waals surface area contributed by atoms with Crippen molar-refractivity contribution < 1.29 is 13.6 Å². The van der Waals surface area contributed by atoms with Crippen molar-refractivity contribution in [3.63, 3.8) is 0 Å². The highest BCUT2D eigenvalue weighted by molar-refractivity contribution is 9.10. The zero-order valence-electron chi connectivity index (χ0n) is 7.54. The average Bonchev–Trinajstić information content (AvgIpc) is 2.63. The molecule has 4 heteroatoms. The van der Waals surface area contributed by atoms with E-state index in [1.807, 2.05) is 0 Å². The van der Waals surface area contributed by atoms with Crippen molar-refractivity contribution in [3.8, 4) is 0 Å². The molecule has 1 heterocycles. The standard InChI is InChI=1S/C11H6BrFO2/c12-11-9(4-5-15-11)10(14)7-2-1-3-8(13)6-7/h1-6H. The van der Waals surface area contributed by atoms with Crippen molar-refractivity contribution in [2.45, 2.75) is 0 Å². The van der Waals surface area contributed by atoms with Gasteiger partial charge in [-0.2, -0.15) is 0 Å². The van der Waals surface area contributed by atoms with Gasteiger partial charge in [-0.3, -0.25) is 4.79 Å². The Morgan fingerprint density at radius 2 is 2.13 bits per heavy atom. The van der Waals surface area contributed by atoms with E-state index in [2.05, 4.69) is 15.9 Å². The predicted molar refractivity (Wildman–Crippen MR) is 56.2 cm³/mol. The highest BCUT2D eigenvalue weighted by atomic mass is 79.9. The summed E-state index contributed by atoms with van der Waals surface area (Å²) in [5, 5.41) is 0. The largest absolute Gasteiger partial charge is 0.457 e. The van der Waals surface area contributed by atoms with Gasteiger partial charge in [0.1, 0.15) is 5.82 Å². The molecule has 0 N–H and O–H groups in total. The van der Waals surface area contributed by atoms with Gasteiger partial charge in [0.15, 0.2) is 10.5 Å². The van der Waals surface area contributed by atoms with E-state index in [-0.39, 0.29) is 5.78 Å². The summed E-state index contributed by atoms with van der Waals surface area (Å²) in [5.41, 5.74) is 0.692. The van der Waals surface area contributed by atoms with Crippen LogP contribution in [0.1, 0.15) is 15.9 Å². The Balaban J connectivity index is 2.41. The van der Waals surface area contributed by atoms with Gasteiger partial charge >= 0.3 is 0 Å². The summed E-state index contributed by atoms with van der Waals surface area (Å²) in [7, 11) is 0. The normalized spacial score (nSPS) is 10.3. The van der Waals surface area contributed by atoms with Crippen LogP contribution < -0.4 is 0 Å². The molecule has 0 bridgehead atoms. The molecule has 0 radical (unpaired) electrons. The van der Waals surface area contributed by atoms with Crippen LogP contribution in [0.15, 0.2) is 45.7 Å². The molecule has 0 fully saturated rings. The van der Waals surface area contributed by atoms with Crippen LogP contribution in [0, 0.1) is 5.82 Å². The number of furan rings is 1. The van der Waals surface area contributed by atoms with E-state index in [1.165, 1.54) is 30.5 Å². The summed E-state index contributed by atoms with van der Waals surface area (Å²) in [4.78, 5) is 11.8. The van der Waals surface area contributed by atoms with Crippen LogP contribution in [0.5, 0.6) is 0 Å². The van der Waals surface area contributed by atoms with E-state index in [1.54, 1.807) is 6.07 Å². The second kappa shape index (κ2) is 3.98. The maximum absolute atomic E-state index is 12.9. The average molecular weight is 269 g/mol. The van der Waals surface area contributed by atoms with E-state index in [4.69, 9.17) is 4.42 Å². The first-order valence-corrected chi connectivity index (χ1v) is 5.01. The Bertz CT molecular complexity index is 505. The lowest BCUT2D eigenvalue weighted by Gasteiger charge is -1.98. The zero-order valence-corrected chi connectivity index (χ0v) is 9.12. The molecular weight excluding hydrogens is 263 g/mol.